The SMILES string of the molecule is O=C([O-])c1ccc([S-])c(C(=O)[O-])c1C(=O)O.O=C([O-])c1ccc([S-])c(C(=O)[O-])c1C(=O)O.[Zn+2].[Zn+2].[Zn+2]. The average molecular weight is 675 g/mol. The molecule has 2 aromatic carbocycles. The standard InChI is InChI=1S/2C9H6O6S.3Zn/c2*10-7(11)3-1-2-4(16)6(9(14)15)5(3)8(12)13;;;/h2*1-2,16H,(H,10,11)(H,12,13)(H,14,15);;;/q;;3*+2/p-6. The van der Waals surface area contributed by atoms with Gasteiger partial charge in [0.1, 0.15) is 0 Å². The Hall–Kier alpha value is -2.43. The topological polar surface area (TPSA) is 235 Å². The van der Waals surface area contributed by atoms with Crippen molar-refractivity contribution < 1.29 is 118 Å². The summed E-state index contributed by atoms with van der Waals surface area (Å²) < 4.78 is 0. The van der Waals surface area contributed by atoms with Crippen LogP contribution in [0.25, 0.3) is 0 Å². The van der Waals surface area contributed by atoms with Gasteiger partial charge in [-0.2, -0.15) is 9.79 Å². The van der Waals surface area contributed by atoms with Crippen molar-refractivity contribution >= 4 is 61.1 Å². The van der Waals surface area contributed by atoms with E-state index in [0.717, 1.165) is 24.3 Å². The minimum Gasteiger partial charge on any atom is -0.779 e. The molecule has 0 saturated carbocycles. The van der Waals surface area contributed by atoms with Crippen LogP contribution in [0.15, 0.2) is 34.1 Å². The number of aromatic carboxylic acids is 6. The molecule has 0 atom stereocenters. The summed E-state index contributed by atoms with van der Waals surface area (Å²) in [6.45, 7) is 0. The van der Waals surface area contributed by atoms with E-state index in [1.807, 2.05) is 0 Å². The monoisotopic (exact) mass is 670 g/mol. The van der Waals surface area contributed by atoms with Gasteiger partial charge in [0, 0.05) is 11.1 Å². The first-order valence-electron chi connectivity index (χ1n) is 7.72. The minimum atomic E-state index is -1.84. The Morgan fingerprint density at radius 1 is 0.514 bits per heavy atom. The molecule has 0 aliphatic rings. The largest absolute Gasteiger partial charge is 2.00 e. The molecular weight excluding hydrogens is 668 g/mol. The summed E-state index contributed by atoms with van der Waals surface area (Å²) in [4.78, 5) is 63.5. The zero-order valence-electron chi connectivity index (χ0n) is 17.2. The molecule has 0 aliphatic heterocycles. The fraction of sp³-hybridized carbons (Fsp3) is 0. The molecular formula is C18H6O12S2Zn3. The molecule has 2 aromatic rings. The van der Waals surface area contributed by atoms with Crippen molar-refractivity contribution in [1.82, 2.24) is 0 Å². The zero-order chi connectivity index (χ0) is 24.9. The van der Waals surface area contributed by atoms with Crippen molar-refractivity contribution in [2.45, 2.75) is 9.79 Å². The molecule has 168 valence electrons. The summed E-state index contributed by atoms with van der Waals surface area (Å²) in [6, 6.07) is 3.76. The second kappa shape index (κ2) is 15.5. The molecule has 0 radical (unpaired) electrons. The van der Waals surface area contributed by atoms with Gasteiger partial charge in [-0.05, 0) is 11.1 Å². The minimum absolute atomic E-state index is 0. The quantitative estimate of drug-likeness (QED) is 0.220. The Morgan fingerprint density at radius 2 is 0.771 bits per heavy atom. The van der Waals surface area contributed by atoms with Crippen molar-refractivity contribution in [3.05, 3.63) is 57.6 Å². The zero-order valence-corrected chi connectivity index (χ0v) is 27.8. The molecule has 0 fully saturated rings. The normalized spacial score (nSPS) is 8.91. The maximum atomic E-state index is 10.8. The van der Waals surface area contributed by atoms with Gasteiger partial charge >= 0.3 is 70.4 Å². The Kier molecular flexibility index (Phi) is 16.5. The summed E-state index contributed by atoms with van der Waals surface area (Å²) in [5.41, 5.74) is -5.01. The molecule has 2 N–H and O–H groups in total. The molecule has 0 amide bonds. The van der Waals surface area contributed by atoms with Crippen molar-refractivity contribution in [3.8, 4) is 0 Å². The predicted molar refractivity (Wildman–Crippen MR) is 95.4 cm³/mol. The Bertz CT molecular complexity index is 1090. The molecule has 0 aliphatic carbocycles. The van der Waals surface area contributed by atoms with Gasteiger partial charge in [0.15, 0.2) is 0 Å². The van der Waals surface area contributed by atoms with Gasteiger partial charge in [-0.1, -0.05) is 24.3 Å². The van der Waals surface area contributed by atoms with Crippen molar-refractivity contribution in [1.29, 1.82) is 0 Å². The molecule has 0 spiro atoms. The molecule has 0 heterocycles. The van der Waals surface area contributed by atoms with Gasteiger partial charge < -0.3 is 75.1 Å². The summed E-state index contributed by atoms with van der Waals surface area (Å²) in [6.07, 6.45) is 0. The third-order valence-electron chi connectivity index (χ3n) is 3.61. The number of benzene rings is 2. The van der Waals surface area contributed by atoms with E-state index in [0.29, 0.717) is 0 Å². The third-order valence-corrected chi connectivity index (χ3v) is 4.29. The predicted octanol–water partition coefficient (Wildman–Crippen LogP) is -3.97. The first-order chi connectivity index (χ1) is 14.7. The van der Waals surface area contributed by atoms with Crippen LogP contribution in [0.1, 0.15) is 62.1 Å². The first kappa shape index (κ1) is 37.1. The van der Waals surface area contributed by atoms with Crippen LogP contribution in [0.5, 0.6) is 0 Å². The number of carboxylic acids is 6. The molecule has 0 aromatic heterocycles. The summed E-state index contributed by atoms with van der Waals surface area (Å²) >= 11 is 9.17. The second-order valence-corrected chi connectivity index (χ2v) is 6.36. The van der Waals surface area contributed by atoms with Gasteiger partial charge in [-0.25, -0.2) is 9.59 Å². The molecule has 0 bridgehead atoms. The number of hydrogen-bond donors (Lipinski definition) is 2. The van der Waals surface area contributed by atoms with E-state index in [-0.39, 0.29) is 68.2 Å². The fourth-order valence-electron chi connectivity index (χ4n) is 2.36. The van der Waals surface area contributed by atoms with Gasteiger partial charge in [-0.15, -0.1) is 0 Å². The molecule has 17 heteroatoms. The Labute approximate surface area is 244 Å². The van der Waals surface area contributed by atoms with Crippen LogP contribution in [0, 0.1) is 0 Å². The summed E-state index contributed by atoms with van der Waals surface area (Å²) in [5.74, 6) is -10.7. The van der Waals surface area contributed by atoms with E-state index in [2.05, 4.69) is 25.3 Å². The van der Waals surface area contributed by atoms with E-state index in [9.17, 15) is 49.2 Å². The third kappa shape index (κ3) is 8.94. The smallest absolute Gasteiger partial charge is 0.779 e. The van der Waals surface area contributed by atoms with Crippen LogP contribution in [0.3, 0.4) is 0 Å². The van der Waals surface area contributed by atoms with Gasteiger partial charge in [0.2, 0.25) is 0 Å². The van der Waals surface area contributed by atoms with Crippen LogP contribution < -0.4 is 20.4 Å². The van der Waals surface area contributed by atoms with Crippen molar-refractivity contribution in [3.63, 3.8) is 0 Å². The molecule has 0 unspecified atom stereocenters. The second-order valence-electron chi connectivity index (χ2n) is 5.48. The van der Waals surface area contributed by atoms with Gasteiger partial charge in [-0.3, -0.25) is 0 Å². The number of carboxylic acid groups (broad SMARTS) is 6. The molecule has 35 heavy (non-hydrogen) atoms. The maximum absolute atomic E-state index is 10.8. The van der Waals surface area contributed by atoms with Crippen LogP contribution in [-0.4, -0.2) is 46.0 Å². The van der Waals surface area contributed by atoms with E-state index in [4.69, 9.17) is 10.2 Å². The molecule has 2 rings (SSSR count). The average Bonchev–Trinajstić information content (AvgIpc) is 2.66. The Balaban J connectivity index is -0.000000539. The first-order valence-corrected chi connectivity index (χ1v) is 8.53. The van der Waals surface area contributed by atoms with Crippen LogP contribution in [-0.2, 0) is 83.7 Å². The van der Waals surface area contributed by atoms with Gasteiger partial charge in [0.05, 0.1) is 35.0 Å². The van der Waals surface area contributed by atoms with Crippen LogP contribution in [0.4, 0.5) is 0 Å². The Morgan fingerprint density at radius 3 is 0.943 bits per heavy atom. The number of hydrogen-bond acceptors (Lipinski definition) is 12. The summed E-state index contributed by atoms with van der Waals surface area (Å²) in [7, 11) is 0. The fourth-order valence-corrected chi connectivity index (χ4v) is 2.86. The van der Waals surface area contributed by atoms with E-state index in [1.54, 1.807) is 0 Å². The van der Waals surface area contributed by atoms with Crippen LogP contribution in [0.2, 0.25) is 0 Å². The summed E-state index contributed by atoms with van der Waals surface area (Å²) in [5, 5.41) is 60.0. The van der Waals surface area contributed by atoms with E-state index >= 15 is 0 Å². The van der Waals surface area contributed by atoms with E-state index < -0.39 is 69.2 Å². The number of carbonyl (C=O) groups excluding carboxylic acids is 4. The maximum Gasteiger partial charge on any atom is 2.00 e. The van der Waals surface area contributed by atoms with Gasteiger partial charge in [0.25, 0.3) is 0 Å². The van der Waals surface area contributed by atoms with E-state index in [1.165, 1.54) is 0 Å². The van der Waals surface area contributed by atoms with Crippen LogP contribution >= 0.6 is 0 Å². The molecule has 12 nitrogen and oxygen atoms in total. The number of carbonyl (C=O) groups is 6. The molecule has 0 saturated heterocycles. The number of rotatable bonds is 6. The van der Waals surface area contributed by atoms with Crippen molar-refractivity contribution in [2.24, 2.45) is 0 Å². The van der Waals surface area contributed by atoms with Crippen molar-refractivity contribution in [2.75, 3.05) is 0 Å².